The highest BCUT2D eigenvalue weighted by Gasteiger charge is 2.04. The Morgan fingerprint density at radius 2 is 2.14 bits per heavy atom. The van der Waals surface area contributed by atoms with Gasteiger partial charge in [-0.1, -0.05) is 12.5 Å². The van der Waals surface area contributed by atoms with Crippen LogP contribution in [0, 0.1) is 0 Å². The highest BCUT2D eigenvalue weighted by atomic mass is 35.5. The van der Waals surface area contributed by atoms with Gasteiger partial charge in [0.15, 0.2) is 0 Å². The Bertz CT molecular complexity index is 228. The zero-order chi connectivity index (χ0) is 9.52. The first-order chi connectivity index (χ1) is 6.34. The molecule has 4 heteroatoms. The summed E-state index contributed by atoms with van der Waals surface area (Å²) in [6.45, 7) is 0.750. The molecule has 0 aliphatic heterocycles. The maximum atomic E-state index is 5.95. The molecule has 0 aromatic carbocycles. The van der Waals surface area contributed by atoms with Crippen LogP contribution >= 0.6 is 12.4 Å². The van der Waals surface area contributed by atoms with Crippen molar-refractivity contribution < 1.29 is 0 Å². The maximum Gasteiger partial charge on any atom is 0.0315 e. The van der Waals surface area contributed by atoms with Gasteiger partial charge in [-0.2, -0.15) is 0 Å². The third-order valence-electron chi connectivity index (χ3n) is 2.08. The fourth-order valence-corrected chi connectivity index (χ4v) is 1.27. The zero-order valence-electron chi connectivity index (χ0n) is 8.23. The van der Waals surface area contributed by atoms with Crippen LogP contribution in [-0.2, 0) is 0 Å². The molecule has 0 aliphatic rings. The Hall–Kier alpha value is -0.640. The second-order valence-electron chi connectivity index (χ2n) is 3.18. The van der Waals surface area contributed by atoms with Crippen LogP contribution in [0.1, 0.15) is 30.9 Å². The number of hydrogen-bond acceptors (Lipinski definition) is 3. The molecule has 0 aliphatic carbocycles. The largest absolute Gasteiger partial charge is 0.330 e. The minimum atomic E-state index is 0. The van der Waals surface area contributed by atoms with E-state index in [4.69, 9.17) is 11.5 Å². The molecule has 1 atom stereocenters. The Labute approximate surface area is 91.3 Å². The Morgan fingerprint density at radius 1 is 1.36 bits per heavy atom. The summed E-state index contributed by atoms with van der Waals surface area (Å²) in [6.07, 6.45) is 6.71. The van der Waals surface area contributed by atoms with E-state index in [1.54, 1.807) is 6.20 Å². The summed E-state index contributed by atoms with van der Waals surface area (Å²) in [7, 11) is 0. The number of unbranched alkanes of at least 4 members (excludes halogenated alkanes) is 1. The van der Waals surface area contributed by atoms with Crippen molar-refractivity contribution in [3.63, 3.8) is 0 Å². The first-order valence-electron chi connectivity index (χ1n) is 4.70. The molecule has 1 heterocycles. The number of halogens is 1. The zero-order valence-corrected chi connectivity index (χ0v) is 9.04. The van der Waals surface area contributed by atoms with Gasteiger partial charge in [0.25, 0.3) is 0 Å². The van der Waals surface area contributed by atoms with E-state index < -0.39 is 0 Å². The smallest absolute Gasteiger partial charge is 0.0315 e. The van der Waals surface area contributed by atoms with Crippen LogP contribution < -0.4 is 11.5 Å². The number of pyridine rings is 1. The van der Waals surface area contributed by atoms with E-state index >= 15 is 0 Å². The minimum Gasteiger partial charge on any atom is -0.330 e. The van der Waals surface area contributed by atoms with Crippen LogP contribution in [0.4, 0.5) is 0 Å². The van der Waals surface area contributed by atoms with Crippen LogP contribution in [0.25, 0.3) is 0 Å². The molecule has 0 amide bonds. The summed E-state index contributed by atoms with van der Waals surface area (Å²) >= 11 is 0. The molecule has 0 radical (unpaired) electrons. The fraction of sp³-hybridized carbons (Fsp3) is 0.500. The molecule has 1 aromatic rings. The molecule has 3 nitrogen and oxygen atoms in total. The average molecular weight is 216 g/mol. The summed E-state index contributed by atoms with van der Waals surface area (Å²) in [5, 5.41) is 0. The fourth-order valence-electron chi connectivity index (χ4n) is 1.27. The normalized spacial score (nSPS) is 11.9. The van der Waals surface area contributed by atoms with Gasteiger partial charge in [-0.3, -0.25) is 4.98 Å². The second kappa shape index (κ2) is 7.74. The topological polar surface area (TPSA) is 64.9 Å². The third kappa shape index (κ3) is 4.56. The first-order valence-corrected chi connectivity index (χ1v) is 4.70. The molecule has 0 spiro atoms. The number of rotatable bonds is 5. The van der Waals surface area contributed by atoms with Crippen molar-refractivity contribution in [1.82, 2.24) is 4.98 Å². The molecule has 0 unspecified atom stereocenters. The molecule has 0 saturated heterocycles. The van der Waals surface area contributed by atoms with Gasteiger partial charge in [0.05, 0.1) is 0 Å². The molecule has 0 saturated carbocycles. The lowest BCUT2D eigenvalue weighted by Crippen LogP contribution is -2.11. The number of nitrogens with two attached hydrogens (primary N) is 2. The summed E-state index contributed by atoms with van der Waals surface area (Å²) in [5.74, 6) is 0. The predicted molar refractivity (Wildman–Crippen MR) is 61.3 cm³/mol. The lowest BCUT2D eigenvalue weighted by atomic mass is 10.0. The highest BCUT2D eigenvalue weighted by Crippen LogP contribution is 2.14. The van der Waals surface area contributed by atoms with E-state index in [2.05, 4.69) is 4.98 Å². The van der Waals surface area contributed by atoms with Crippen molar-refractivity contribution in [2.24, 2.45) is 11.5 Å². The van der Waals surface area contributed by atoms with E-state index in [9.17, 15) is 0 Å². The molecule has 80 valence electrons. The van der Waals surface area contributed by atoms with E-state index in [1.165, 1.54) is 0 Å². The summed E-state index contributed by atoms with van der Waals surface area (Å²) in [6, 6.07) is 4.04. The van der Waals surface area contributed by atoms with Crippen molar-refractivity contribution in [2.45, 2.75) is 25.3 Å². The molecule has 1 rings (SSSR count). The van der Waals surface area contributed by atoms with E-state index in [1.807, 2.05) is 18.3 Å². The van der Waals surface area contributed by atoms with Crippen molar-refractivity contribution >= 4 is 12.4 Å². The molecular formula is C10H18ClN3. The van der Waals surface area contributed by atoms with Gasteiger partial charge < -0.3 is 11.5 Å². The second-order valence-corrected chi connectivity index (χ2v) is 3.18. The van der Waals surface area contributed by atoms with Crippen molar-refractivity contribution in [3.05, 3.63) is 30.1 Å². The number of nitrogens with zero attached hydrogens (tertiary/aromatic N) is 1. The number of hydrogen-bond donors (Lipinski definition) is 2. The lowest BCUT2D eigenvalue weighted by Gasteiger charge is -2.10. The van der Waals surface area contributed by atoms with Crippen LogP contribution in [0.15, 0.2) is 24.5 Å². The van der Waals surface area contributed by atoms with Gasteiger partial charge in [0.1, 0.15) is 0 Å². The summed E-state index contributed by atoms with van der Waals surface area (Å²) in [5.41, 5.74) is 12.5. The summed E-state index contributed by atoms with van der Waals surface area (Å²) in [4.78, 5) is 4.03. The predicted octanol–water partition coefficient (Wildman–Crippen LogP) is 1.63. The maximum absolute atomic E-state index is 5.95. The van der Waals surface area contributed by atoms with Crippen LogP contribution in [-0.4, -0.2) is 11.5 Å². The van der Waals surface area contributed by atoms with E-state index in [-0.39, 0.29) is 18.4 Å². The van der Waals surface area contributed by atoms with Crippen molar-refractivity contribution in [1.29, 1.82) is 0 Å². The molecule has 4 N–H and O–H groups in total. The Morgan fingerprint density at radius 3 is 2.71 bits per heavy atom. The molecular weight excluding hydrogens is 198 g/mol. The average Bonchev–Trinajstić information content (AvgIpc) is 2.19. The SMILES string of the molecule is Cl.NCCCC[C@@H](N)c1cccnc1. The molecule has 0 fully saturated rings. The van der Waals surface area contributed by atoms with E-state index in [0.29, 0.717) is 0 Å². The van der Waals surface area contributed by atoms with Gasteiger partial charge >= 0.3 is 0 Å². The minimum absolute atomic E-state index is 0. The van der Waals surface area contributed by atoms with Crippen LogP contribution in [0.5, 0.6) is 0 Å². The van der Waals surface area contributed by atoms with Crippen LogP contribution in [0.3, 0.4) is 0 Å². The summed E-state index contributed by atoms with van der Waals surface area (Å²) < 4.78 is 0. The molecule has 0 bridgehead atoms. The van der Waals surface area contributed by atoms with Gasteiger partial charge in [-0.05, 0) is 31.0 Å². The highest BCUT2D eigenvalue weighted by molar-refractivity contribution is 5.85. The standard InChI is InChI=1S/C10H17N3.ClH/c11-6-2-1-5-10(12)9-4-3-7-13-8-9;/h3-4,7-8,10H,1-2,5-6,11-12H2;1H/t10-;/m1./s1. The van der Waals surface area contributed by atoms with Crippen LogP contribution in [0.2, 0.25) is 0 Å². The molecule has 14 heavy (non-hydrogen) atoms. The third-order valence-corrected chi connectivity index (χ3v) is 2.08. The van der Waals surface area contributed by atoms with Crippen molar-refractivity contribution in [2.75, 3.05) is 6.54 Å². The van der Waals surface area contributed by atoms with Gasteiger partial charge in [-0.15, -0.1) is 12.4 Å². The van der Waals surface area contributed by atoms with Gasteiger partial charge in [0, 0.05) is 18.4 Å². The monoisotopic (exact) mass is 215 g/mol. The number of aromatic nitrogens is 1. The Balaban J connectivity index is 0.00000169. The molecule has 1 aromatic heterocycles. The first kappa shape index (κ1) is 13.4. The van der Waals surface area contributed by atoms with Gasteiger partial charge in [0.2, 0.25) is 0 Å². The van der Waals surface area contributed by atoms with Crippen molar-refractivity contribution in [3.8, 4) is 0 Å². The Kier molecular flexibility index (Phi) is 7.38. The lowest BCUT2D eigenvalue weighted by molar-refractivity contribution is 0.589. The van der Waals surface area contributed by atoms with E-state index in [0.717, 1.165) is 31.4 Å². The van der Waals surface area contributed by atoms with Gasteiger partial charge in [-0.25, -0.2) is 0 Å². The quantitative estimate of drug-likeness (QED) is 0.734.